The maximum Gasteiger partial charge on any atom is 0.135 e. The second kappa shape index (κ2) is 7.31. The minimum Gasteiger partial charge on any atom is -0.373 e. The molecule has 1 aromatic rings. The maximum absolute atomic E-state index is 4.41. The van der Waals surface area contributed by atoms with Crippen molar-refractivity contribution in [3.63, 3.8) is 0 Å². The van der Waals surface area contributed by atoms with Crippen LogP contribution in [0.5, 0.6) is 0 Å². The van der Waals surface area contributed by atoms with Crippen molar-refractivity contribution in [1.82, 2.24) is 9.97 Å². The van der Waals surface area contributed by atoms with Crippen LogP contribution in [0.4, 0.5) is 11.6 Å². The predicted octanol–water partition coefficient (Wildman–Crippen LogP) is 3.88. The molecule has 0 amide bonds. The van der Waals surface area contributed by atoms with Gasteiger partial charge in [0.1, 0.15) is 18.0 Å². The van der Waals surface area contributed by atoms with Gasteiger partial charge in [-0.05, 0) is 31.6 Å². The second-order valence-corrected chi connectivity index (χ2v) is 5.91. The number of anilines is 2. The van der Waals surface area contributed by atoms with Gasteiger partial charge in [0.2, 0.25) is 0 Å². The lowest BCUT2D eigenvalue weighted by atomic mass is 10.0. The molecule has 4 nitrogen and oxygen atoms in total. The Bertz CT molecular complexity index is 388. The molecule has 1 heterocycles. The Morgan fingerprint density at radius 2 is 1.63 bits per heavy atom. The Morgan fingerprint density at radius 3 is 2.16 bits per heavy atom. The van der Waals surface area contributed by atoms with Crippen LogP contribution in [-0.2, 0) is 0 Å². The summed E-state index contributed by atoms with van der Waals surface area (Å²) in [5.74, 6) is 3.02. The van der Waals surface area contributed by atoms with Gasteiger partial charge < -0.3 is 10.6 Å². The Labute approximate surface area is 117 Å². The first-order chi connectivity index (χ1) is 8.95. The van der Waals surface area contributed by atoms with Crippen LogP contribution < -0.4 is 10.6 Å². The van der Waals surface area contributed by atoms with E-state index in [9.17, 15) is 0 Å². The van der Waals surface area contributed by atoms with E-state index in [0.717, 1.165) is 24.0 Å². The van der Waals surface area contributed by atoms with Crippen LogP contribution in [0.3, 0.4) is 0 Å². The standard InChI is InChI=1S/C15H28N4/c1-10(2)7-8-12(5)19-15-13(11(3)4)14(16-6)17-9-18-15/h9-12H,7-8H2,1-6H3,(H2,16,17,18,19). The number of aromatic nitrogens is 2. The van der Waals surface area contributed by atoms with E-state index in [-0.39, 0.29) is 0 Å². The average molecular weight is 264 g/mol. The Morgan fingerprint density at radius 1 is 1.00 bits per heavy atom. The quantitative estimate of drug-likeness (QED) is 0.784. The van der Waals surface area contributed by atoms with E-state index in [4.69, 9.17) is 0 Å². The summed E-state index contributed by atoms with van der Waals surface area (Å²) < 4.78 is 0. The molecule has 0 fully saturated rings. The molecular weight excluding hydrogens is 236 g/mol. The van der Waals surface area contributed by atoms with Gasteiger partial charge in [0, 0.05) is 18.7 Å². The van der Waals surface area contributed by atoms with Crippen LogP contribution in [0.25, 0.3) is 0 Å². The summed E-state index contributed by atoms with van der Waals surface area (Å²) in [6.45, 7) is 11.1. The van der Waals surface area contributed by atoms with Gasteiger partial charge in [-0.1, -0.05) is 27.7 Å². The monoisotopic (exact) mass is 264 g/mol. The van der Waals surface area contributed by atoms with Crippen LogP contribution in [0.2, 0.25) is 0 Å². The molecule has 0 spiro atoms. The Balaban J connectivity index is 2.82. The van der Waals surface area contributed by atoms with Crippen molar-refractivity contribution in [2.24, 2.45) is 5.92 Å². The number of hydrogen-bond donors (Lipinski definition) is 2. The topological polar surface area (TPSA) is 49.8 Å². The van der Waals surface area contributed by atoms with Gasteiger partial charge in [-0.15, -0.1) is 0 Å². The second-order valence-electron chi connectivity index (χ2n) is 5.91. The minimum atomic E-state index is 0.392. The van der Waals surface area contributed by atoms with Crippen molar-refractivity contribution < 1.29 is 0 Å². The highest BCUT2D eigenvalue weighted by Gasteiger charge is 2.15. The molecule has 0 bridgehead atoms. The van der Waals surface area contributed by atoms with Crippen molar-refractivity contribution in [2.45, 2.75) is 59.4 Å². The Hall–Kier alpha value is -1.32. The third kappa shape index (κ3) is 4.69. The van der Waals surface area contributed by atoms with Crippen LogP contribution >= 0.6 is 0 Å². The molecule has 1 rings (SSSR count). The van der Waals surface area contributed by atoms with E-state index in [1.165, 1.54) is 12.0 Å². The van der Waals surface area contributed by atoms with Gasteiger partial charge >= 0.3 is 0 Å². The van der Waals surface area contributed by atoms with Gasteiger partial charge in [0.15, 0.2) is 0 Å². The molecular formula is C15H28N4. The molecule has 0 saturated heterocycles. The van der Waals surface area contributed by atoms with Crippen molar-refractivity contribution >= 4 is 11.6 Å². The highest BCUT2D eigenvalue weighted by Crippen LogP contribution is 2.28. The first-order valence-corrected chi connectivity index (χ1v) is 7.24. The molecule has 0 saturated carbocycles. The third-order valence-corrected chi connectivity index (χ3v) is 3.26. The van der Waals surface area contributed by atoms with E-state index < -0.39 is 0 Å². The van der Waals surface area contributed by atoms with Gasteiger partial charge in [0.05, 0.1) is 0 Å². The van der Waals surface area contributed by atoms with E-state index in [1.807, 2.05) is 7.05 Å². The highest BCUT2D eigenvalue weighted by molar-refractivity contribution is 5.59. The van der Waals surface area contributed by atoms with Gasteiger partial charge in [-0.2, -0.15) is 0 Å². The van der Waals surface area contributed by atoms with E-state index in [1.54, 1.807) is 6.33 Å². The molecule has 0 radical (unpaired) electrons. The Kier molecular flexibility index (Phi) is 6.06. The lowest BCUT2D eigenvalue weighted by Crippen LogP contribution is -2.19. The number of hydrogen-bond acceptors (Lipinski definition) is 4. The fourth-order valence-electron chi connectivity index (χ4n) is 2.15. The summed E-state index contributed by atoms with van der Waals surface area (Å²) in [5, 5.41) is 6.68. The molecule has 108 valence electrons. The normalized spacial score (nSPS) is 12.8. The fourth-order valence-corrected chi connectivity index (χ4v) is 2.15. The largest absolute Gasteiger partial charge is 0.373 e. The molecule has 1 atom stereocenters. The van der Waals surface area contributed by atoms with Crippen molar-refractivity contribution in [1.29, 1.82) is 0 Å². The first-order valence-electron chi connectivity index (χ1n) is 7.24. The lowest BCUT2D eigenvalue weighted by Gasteiger charge is -2.20. The molecule has 2 N–H and O–H groups in total. The van der Waals surface area contributed by atoms with Crippen molar-refractivity contribution in [3.05, 3.63) is 11.9 Å². The summed E-state index contributed by atoms with van der Waals surface area (Å²) in [5.41, 5.74) is 1.17. The van der Waals surface area contributed by atoms with Gasteiger partial charge in [-0.25, -0.2) is 9.97 Å². The first kappa shape index (κ1) is 15.7. The van der Waals surface area contributed by atoms with Crippen LogP contribution in [-0.4, -0.2) is 23.1 Å². The molecule has 1 unspecified atom stereocenters. The van der Waals surface area contributed by atoms with E-state index in [2.05, 4.69) is 55.2 Å². The lowest BCUT2D eigenvalue weighted by molar-refractivity contribution is 0.526. The van der Waals surface area contributed by atoms with E-state index >= 15 is 0 Å². The molecule has 1 aromatic heterocycles. The number of rotatable bonds is 7. The van der Waals surface area contributed by atoms with Crippen LogP contribution in [0, 0.1) is 5.92 Å². The number of nitrogens with one attached hydrogen (secondary N) is 2. The zero-order chi connectivity index (χ0) is 14.4. The minimum absolute atomic E-state index is 0.392. The predicted molar refractivity (Wildman–Crippen MR) is 82.8 cm³/mol. The summed E-state index contributed by atoms with van der Waals surface area (Å²) in [6, 6.07) is 0.430. The maximum atomic E-state index is 4.41. The molecule has 4 heteroatoms. The SMILES string of the molecule is CNc1ncnc(NC(C)CCC(C)C)c1C(C)C. The van der Waals surface area contributed by atoms with Crippen LogP contribution in [0.15, 0.2) is 6.33 Å². The average Bonchev–Trinajstić information content (AvgIpc) is 2.35. The number of nitrogens with zero attached hydrogens (tertiary/aromatic N) is 2. The fraction of sp³-hybridized carbons (Fsp3) is 0.733. The summed E-state index contributed by atoms with van der Waals surface area (Å²) in [7, 11) is 1.90. The molecule has 19 heavy (non-hydrogen) atoms. The summed E-state index contributed by atoms with van der Waals surface area (Å²) >= 11 is 0. The van der Waals surface area contributed by atoms with Gasteiger partial charge in [0.25, 0.3) is 0 Å². The smallest absolute Gasteiger partial charge is 0.135 e. The summed E-state index contributed by atoms with van der Waals surface area (Å²) in [4.78, 5) is 8.71. The van der Waals surface area contributed by atoms with E-state index in [0.29, 0.717) is 12.0 Å². The van der Waals surface area contributed by atoms with Crippen molar-refractivity contribution in [3.8, 4) is 0 Å². The zero-order valence-corrected chi connectivity index (χ0v) is 13.1. The van der Waals surface area contributed by atoms with Crippen molar-refractivity contribution in [2.75, 3.05) is 17.7 Å². The van der Waals surface area contributed by atoms with Crippen LogP contribution in [0.1, 0.15) is 58.9 Å². The highest BCUT2D eigenvalue weighted by atomic mass is 15.1. The molecule has 0 aromatic carbocycles. The molecule has 0 aliphatic carbocycles. The third-order valence-electron chi connectivity index (χ3n) is 3.26. The summed E-state index contributed by atoms with van der Waals surface area (Å²) in [6.07, 6.45) is 4.01. The van der Waals surface area contributed by atoms with Gasteiger partial charge in [-0.3, -0.25) is 0 Å². The molecule has 0 aliphatic heterocycles. The zero-order valence-electron chi connectivity index (χ0n) is 13.1. The molecule has 0 aliphatic rings.